The maximum Gasteiger partial charge on any atom is 0.0277 e. The van der Waals surface area contributed by atoms with Gasteiger partial charge in [0.25, 0.3) is 0 Å². The molecule has 0 saturated carbocycles. The first-order valence-corrected chi connectivity index (χ1v) is 4.51. The van der Waals surface area contributed by atoms with E-state index in [1.165, 1.54) is 25.7 Å². The van der Waals surface area contributed by atoms with Crippen LogP contribution >= 0.6 is 11.6 Å². The summed E-state index contributed by atoms with van der Waals surface area (Å²) in [5.41, 5.74) is 0.408. The molecule has 0 fully saturated rings. The van der Waals surface area contributed by atoms with Crippen LogP contribution in [0.3, 0.4) is 0 Å². The molecule has 0 aromatic carbocycles. The summed E-state index contributed by atoms with van der Waals surface area (Å²) in [4.78, 5) is 0. The van der Waals surface area contributed by atoms with E-state index in [1.807, 2.05) is 0 Å². The van der Waals surface area contributed by atoms with Crippen molar-refractivity contribution in [2.45, 2.75) is 32.6 Å². The molecule has 0 bridgehead atoms. The van der Waals surface area contributed by atoms with E-state index < -0.39 is 0 Å². The van der Waals surface area contributed by atoms with Crippen LogP contribution in [0.1, 0.15) is 32.6 Å². The predicted molar refractivity (Wildman–Crippen MR) is 46.4 cm³/mol. The second-order valence-electron chi connectivity index (χ2n) is 3.49. The van der Waals surface area contributed by atoms with Crippen molar-refractivity contribution in [1.29, 1.82) is 0 Å². The zero-order valence-corrected chi connectivity index (χ0v) is 7.32. The minimum Gasteiger partial charge on any atom is -0.126 e. The third-order valence-corrected chi connectivity index (χ3v) is 2.96. The van der Waals surface area contributed by atoms with Crippen molar-refractivity contribution in [1.82, 2.24) is 0 Å². The topological polar surface area (TPSA) is 0 Å². The largest absolute Gasteiger partial charge is 0.126 e. The fourth-order valence-electron chi connectivity index (χ4n) is 1.36. The summed E-state index contributed by atoms with van der Waals surface area (Å²) in [6, 6.07) is 0. The minimum absolute atomic E-state index is 0.408. The maximum atomic E-state index is 5.87. The Kier molecular flexibility index (Phi) is 2.79. The molecule has 10 heavy (non-hydrogen) atoms. The molecule has 0 spiro atoms. The number of alkyl halides is 1. The smallest absolute Gasteiger partial charge is 0.0277 e. The van der Waals surface area contributed by atoms with Crippen LogP contribution in [0.4, 0.5) is 0 Å². The number of hydrogen-bond donors (Lipinski definition) is 0. The van der Waals surface area contributed by atoms with Gasteiger partial charge >= 0.3 is 0 Å². The first-order chi connectivity index (χ1) is 4.77. The molecular weight excluding hydrogens is 144 g/mol. The summed E-state index contributed by atoms with van der Waals surface area (Å²) in [6.45, 7) is 2.28. The lowest BCUT2D eigenvalue weighted by molar-refractivity contribution is 0.325. The van der Waals surface area contributed by atoms with Crippen LogP contribution in [-0.2, 0) is 0 Å². The predicted octanol–water partition coefficient (Wildman–Crippen LogP) is 3.36. The van der Waals surface area contributed by atoms with Gasteiger partial charge in [-0.25, -0.2) is 0 Å². The molecule has 0 saturated heterocycles. The van der Waals surface area contributed by atoms with Crippen LogP contribution in [0.25, 0.3) is 0 Å². The van der Waals surface area contributed by atoms with Crippen molar-refractivity contribution in [3.63, 3.8) is 0 Å². The first-order valence-electron chi connectivity index (χ1n) is 3.98. The van der Waals surface area contributed by atoms with Crippen LogP contribution in [0.2, 0.25) is 0 Å². The van der Waals surface area contributed by atoms with Gasteiger partial charge in [-0.1, -0.05) is 19.1 Å². The monoisotopic (exact) mass is 158 g/mol. The quantitative estimate of drug-likeness (QED) is 0.406. The molecule has 0 N–H and O–H groups in total. The summed E-state index contributed by atoms with van der Waals surface area (Å²) in [5, 5.41) is 0. The molecular formula is C9H15Cl. The molecule has 0 nitrogen and oxygen atoms in total. The first kappa shape index (κ1) is 8.13. The van der Waals surface area contributed by atoms with Gasteiger partial charge in [-0.05, 0) is 31.1 Å². The Labute approximate surface area is 68.3 Å². The second kappa shape index (κ2) is 3.43. The Morgan fingerprint density at radius 3 is 2.20 bits per heavy atom. The second-order valence-corrected chi connectivity index (χ2v) is 3.76. The van der Waals surface area contributed by atoms with E-state index in [-0.39, 0.29) is 0 Å². The molecule has 1 aliphatic rings. The van der Waals surface area contributed by atoms with Crippen molar-refractivity contribution in [3.05, 3.63) is 12.2 Å². The summed E-state index contributed by atoms with van der Waals surface area (Å²) in [7, 11) is 0. The highest BCUT2D eigenvalue weighted by atomic mass is 35.5. The average molecular weight is 159 g/mol. The zero-order chi connectivity index (χ0) is 7.45. The summed E-state index contributed by atoms with van der Waals surface area (Å²) in [5.74, 6) is 0.814. The van der Waals surface area contributed by atoms with Gasteiger partial charge in [-0.15, -0.1) is 11.6 Å². The summed E-state index contributed by atoms with van der Waals surface area (Å²) < 4.78 is 0. The van der Waals surface area contributed by atoms with Gasteiger partial charge < -0.3 is 0 Å². The molecule has 58 valence electrons. The van der Waals surface area contributed by atoms with Gasteiger partial charge in [0.05, 0.1) is 0 Å². The molecule has 0 aromatic heterocycles. The van der Waals surface area contributed by atoms with Crippen molar-refractivity contribution in [2.75, 3.05) is 5.88 Å². The van der Waals surface area contributed by atoms with Gasteiger partial charge in [-0.2, -0.15) is 0 Å². The number of rotatable bonds is 1. The van der Waals surface area contributed by atoms with Gasteiger partial charge in [0.15, 0.2) is 0 Å². The molecule has 0 aromatic rings. The minimum atomic E-state index is 0.408. The lowest BCUT2D eigenvalue weighted by atomic mass is 9.84. The summed E-state index contributed by atoms with van der Waals surface area (Å²) >= 11 is 5.87. The molecule has 0 heterocycles. The number of halogens is 1. The Balaban J connectivity index is 2.47. The van der Waals surface area contributed by atoms with Crippen molar-refractivity contribution >= 4 is 11.6 Å². The normalized spacial score (nSPS) is 24.2. The molecule has 0 atom stereocenters. The fourth-order valence-corrected chi connectivity index (χ4v) is 1.63. The standard InChI is InChI=1S/C9H15Cl/c1-9(8-10)6-4-2-3-5-7-9/h2-3H,4-8H2,1H3. The van der Waals surface area contributed by atoms with Crippen LogP contribution in [0.5, 0.6) is 0 Å². The van der Waals surface area contributed by atoms with Gasteiger partial charge in [0.2, 0.25) is 0 Å². The van der Waals surface area contributed by atoms with Crippen LogP contribution in [0, 0.1) is 5.41 Å². The van der Waals surface area contributed by atoms with Crippen molar-refractivity contribution < 1.29 is 0 Å². The maximum absolute atomic E-state index is 5.87. The van der Waals surface area contributed by atoms with Crippen LogP contribution < -0.4 is 0 Å². The highest BCUT2D eigenvalue weighted by molar-refractivity contribution is 6.18. The lowest BCUT2D eigenvalue weighted by Gasteiger charge is -2.24. The summed E-state index contributed by atoms with van der Waals surface area (Å²) in [6.07, 6.45) is 9.49. The third kappa shape index (κ3) is 2.02. The number of allylic oxidation sites excluding steroid dienone is 2. The Morgan fingerprint density at radius 1 is 1.30 bits per heavy atom. The molecule has 1 aliphatic carbocycles. The van der Waals surface area contributed by atoms with Gasteiger partial charge in [-0.3, -0.25) is 0 Å². The highest BCUT2D eigenvalue weighted by Crippen LogP contribution is 2.32. The zero-order valence-electron chi connectivity index (χ0n) is 6.57. The van der Waals surface area contributed by atoms with Crippen LogP contribution in [-0.4, -0.2) is 5.88 Å². The van der Waals surface area contributed by atoms with E-state index in [4.69, 9.17) is 11.6 Å². The Bertz CT molecular complexity index is 117. The van der Waals surface area contributed by atoms with Crippen LogP contribution in [0.15, 0.2) is 12.2 Å². The molecule has 0 aliphatic heterocycles. The van der Waals surface area contributed by atoms with E-state index in [0.717, 1.165) is 5.88 Å². The molecule has 0 unspecified atom stereocenters. The van der Waals surface area contributed by atoms with Gasteiger partial charge in [0.1, 0.15) is 0 Å². The van der Waals surface area contributed by atoms with E-state index in [1.54, 1.807) is 0 Å². The third-order valence-electron chi connectivity index (χ3n) is 2.32. The van der Waals surface area contributed by atoms with E-state index in [9.17, 15) is 0 Å². The molecule has 0 amide bonds. The van der Waals surface area contributed by atoms with Gasteiger partial charge in [0, 0.05) is 5.88 Å². The highest BCUT2D eigenvalue weighted by Gasteiger charge is 2.22. The fraction of sp³-hybridized carbons (Fsp3) is 0.778. The van der Waals surface area contributed by atoms with E-state index in [0.29, 0.717) is 5.41 Å². The Morgan fingerprint density at radius 2 is 1.80 bits per heavy atom. The Hall–Kier alpha value is 0.0300. The SMILES string of the molecule is CC1(CCl)CCC=CCC1. The molecule has 0 radical (unpaired) electrons. The van der Waals surface area contributed by atoms with Crippen molar-refractivity contribution in [2.24, 2.45) is 5.41 Å². The lowest BCUT2D eigenvalue weighted by Crippen LogP contribution is -2.16. The van der Waals surface area contributed by atoms with Crippen molar-refractivity contribution in [3.8, 4) is 0 Å². The number of hydrogen-bond acceptors (Lipinski definition) is 0. The molecule has 1 heteroatoms. The van der Waals surface area contributed by atoms with E-state index >= 15 is 0 Å². The average Bonchev–Trinajstić information content (AvgIpc) is 2.15. The van der Waals surface area contributed by atoms with E-state index in [2.05, 4.69) is 19.1 Å². The molecule has 1 rings (SSSR count).